The van der Waals surface area contributed by atoms with Crippen LogP contribution in [-0.2, 0) is 0 Å². The second-order valence-electron chi connectivity index (χ2n) is 6.17. The summed E-state index contributed by atoms with van der Waals surface area (Å²) in [7, 11) is 0. The van der Waals surface area contributed by atoms with Crippen LogP contribution in [0, 0.1) is 0 Å². The van der Waals surface area contributed by atoms with Crippen molar-refractivity contribution < 1.29 is 4.79 Å². The first-order valence-corrected chi connectivity index (χ1v) is 10.3. The first-order valence-electron chi connectivity index (χ1n) is 8.53. The summed E-state index contributed by atoms with van der Waals surface area (Å²) < 4.78 is 0. The molecule has 0 unspecified atom stereocenters. The minimum Gasteiger partial charge on any atom is -0.347 e. The van der Waals surface area contributed by atoms with Crippen molar-refractivity contribution in [2.24, 2.45) is 0 Å². The van der Waals surface area contributed by atoms with Gasteiger partial charge in [-0.15, -0.1) is 22.7 Å². The van der Waals surface area contributed by atoms with Crippen LogP contribution in [0.15, 0.2) is 35.0 Å². The van der Waals surface area contributed by atoms with Gasteiger partial charge in [0.25, 0.3) is 5.91 Å². The summed E-state index contributed by atoms with van der Waals surface area (Å²) in [5.41, 5.74) is 0. The lowest BCUT2D eigenvalue weighted by Crippen LogP contribution is -2.52. The number of rotatable bonds is 6. The van der Waals surface area contributed by atoms with E-state index in [-0.39, 0.29) is 18.0 Å². The number of nitrogens with zero attached hydrogens (tertiary/aromatic N) is 2. The second kappa shape index (κ2) is 8.25. The molecule has 0 spiro atoms. The minimum absolute atomic E-state index is 0.0336. The number of likely N-dealkylation sites (N-methyl/N-ethyl adjacent to an activating group) is 1. The molecule has 3 rings (SSSR count). The summed E-state index contributed by atoms with van der Waals surface area (Å²) in [6, 6.07) is 8.41. The standard InChI is InChI=1S/C18H25N3OS2/c1-3-20-8-10-21(11-9-20)17(15-6-4-12-23-15)14(2)19-18(22)16-7-5-13-24-16/h4-7,12-14,17H,3,8-11H2,1-2H3,(H,19,22)/t14-,17+/m0/s1. The number of piperazine rings is 1. The van der Waals surface area contributed by atoms with E-state index in [9.17, 15) is 4.79 Å². The van der Waals surface area contributed by atoms with E-state index < -0.39 is 0 Å². The van der Waals surface area contributed by atoms with Crippen molar-refractivity contribution in [3.63, 3.8) is 0 Å². The minimum atomic E-state index is 0.0336. The fourth-order valence-electron chi connectivity index (χ4n) is 3.32. The van der Waals surface area contributed by atoms with E-state index in [2.05, 4.69) is 46.5 Å². The zero-order valence-electron chi connectivity index (χ0n) is 14.3. The van der Waals surface area contributed by atoms with Gasteiger partial charge in [0.05, 0.1) is 10.9 Å². The molecular formula is C18H25N3OS2. The third-order valence-corrected chi connectivity index (χ3v) is 6.47. The van der Waals surface area contributed by atoms with Gasteiger partial charge in [-0.1, -0.05) is 19.1 Å². The van der Waals surface area contributed by atoms with Gasteiger partial charge in [-0.2, -0.15) is 0 Å². The van der Waals surface area contributed by atoms with Crippen LogP contribution in [0.2, 0.25) is 0 Å². The Morgan fingerprint density at radius 2 is 1.88 bits per heavy atom. The number of thiophene rings is 2. The zero-order valence-corrected chi connectivity index (χ0v) is 15.9. The highest BCUT2D eigenvalue weighted by molar-refractivity contribution is 7.12. The Balaban J connectivity index is 1.72. The van der Waals surface area contributed by atoms with Crippen LogP contribution < -0.4 is 5.32 Å². The maximum Gasteiger partial charge on any atom is 0.261 e. The van der Waals surface area contributed by atoms with E-state index >= 15 is 0 Å². The van der Waals surface area contributed by atoms with Crippen molar-refractivity contribution >= 4 is 28.6 Å². The van der Waals surface area contributed by atoms with Crippen molar-refractivity contribution in [2.75, 3.05) is 32.7 Å². The molecule has 1 aliphatic heterocycles. The average molecular weight is 364 g/mol. The van der Waals surface area contributed by atoms with Crippen LogP contribution in [0.3, 0.4) is 0 Å². The monoisotopic (exact) mass is 363 g/mol. The van der Waals surface area contributed by atoms with Gasteiger partial charge >= 0.3 is 0 Å². The summed E-state index contributed by atoms with van der Waals surface area (Å²) in [5, 5.41) is 7.28. The Morgan fingerprint density at radius 1 is 1.17 bits per heavy atom. The van der Waals surface area contributed by atoms with Gasteiger partial charge in [0.1, 0.15) is 0 Å². The quantitative estimate of drug-likeness (QED) is 0.855. The van der Waals surface area contributed by atoms with Gasteiger partial charge in [-0.05, 0) is 36.4 Å². The lowest BCUT2D eigenvalue weighted by Gasteiger charge is -2.41. The van der Waals surface area contributed by atoms with E-state index in [1.165, 1.54) is 16.2 Å². The molecule has 0 aliphatic carbocycles. The molecule has 3 heterocycles. The maximum absolute atomic E-state index is 12.4. The van der Waals surface area contributed by atoms with Crippen LogP contribution in [0.4, 0.5) is 0 Å². The summed E-state index contributed by atoms with van der Waals surface area (Å²) >= 11 is 3.27. The molecule has 1 aliphatic rings. The van der Waals surface area contributed by atoms with Gasteiger partial charge in [-0.3, -0.25) is 9.69 Å². The van der Waals surface area contributed by atoms with Crippen LogP contribution in [-0.4, -0.2) is 54.5 Å². The highest BCUT2D eigenvalue weighted by Crippen LogP contribution is 2.29. The molecule has 1 saturated heterocycles. The molecule has 4 nitrogen and oxygen atoms in total. The Bertz CT molecular complexity index is 619. The third kappa shape index (κ3) is 4.06. The second-order valence-corrected chi connectivity index (χ2v) is 8.10. The topological polar surface area (TPSA) is 35.6 Å². The molecule has 2 aromatic heterocycles. The van der Waals surface area contributed by atoms with Crippen molar-refractivity contribution in [3.8, 4) is 0 Å². The molecule has 0 radical (unpaired) electrons. The molecule has 0 bridgehead atoms. The Kier molecular flexibility index (Phi) is 6.05. The van der Waals surface area contributed by atoms with Gasteiger partial charge in [0.15, 0.2) is 0 Å². The van der Waals surface area contributed by atoms with Gasteiger partial charge in [-0.25, -0.2) is 0 Å². The predicted molar refractivity (Wildman–Crippen MR) is 102 cm³/mol. The van der Waals surface area contributed by atoms with Crippen LogP contribution in [0.25, 0.3) is 0 Å². The number of hydrogen-bond donors (Lipinski definition) is 1. The predicted octanol–water partition coefficient (Wildman–Crippen LogP) is 3.31. The normalized spacial score (nSPS) is 19.1. The summed E-state index contributed by atoms with van der Waals surface area (Å²) in [4.78, 5) is 19.6. The van der Waals surface area contributed by atoms with Crippen molar-refractivity contribution in [3.05, 3.63) is 44.8 Å². The molecule has 0 saturated carbocycles. The number of amides is 1. The lowest BCUT2D eigenvalue weighted by atomic mass is 10.0. The first-order chi connectivity index (χ1) is 11.7. The molecule has 1 amide bonds. The SMILES string of the molecule is CCN1CCN([C@@H](c2cccs2)[C@H](C)NC(=O)c2cccs2)CC1. The smallest absolute Gasteiger partial charge is 0.261 e. The molecular weight excluding hydrogens is 338 g/mol. The Morgan fingerprint density at radius 3 is 2.46 bits per heavy atom. The number of carbonyl (C=O) groups is 1. The van der Waals surface area contributed by atoms with E-state index in [0.29, 0.717) is 0 Å². The van der Waals surface area contributed by atoms with Gasteiger partial charge in [0, 0.05) is 37.1 Å². The largest absolute Gasteiger partial charge is 0.347 e. The number of nitrogens with one attached hydrogen (secondary N) is 1. The fourth-order valence-corrected chi connectivity index (χ4v) is 4.92. The highest BCUT2D eigenvalue weighted by atomic mass is 32.1. The van der Waals surface area contributed by atoms with Crippen LogP contribution in [0.1, 0.15) is 34.4 Å². The summed E-state index contributed by atoms with van der Waals surface area (Å²) in [6.45, 7) is 9.76. The average Bonchev–Trinajstić information content (AvgIpc) is 3.29. The lowest BCUT2D eigenvalue weighted by molar-refractivity contribution is 0.0755. The molecule has 130 valence electrons. The zero-order chi connectivity index (χ0) is 16.9. The van der Waals surface area contributed by atoms with Gasteiger partial charge < -0.3 is 10.2 Å². The van der Waals surface area contributed by atoms with Crippen molar-refractivity contribution in [1.29, 1.82) is 0 Å². The maximum atomic E-state index is 12.4. The summed E-state index contributed by atoms with van der Waals surface area (Å²) in [5.74, 6) is 0.0336. The third-order valence-electron chi connectivity index (χ3n) is 4.66. The van der Waals surface area contributed by atoms with E-state index in [4.69, 9.17) is 0 Å². The van der Waals surface area contributed by atoms with Crippen molar-refractivity contribution in [2.45, 2.75) is 25.9 Å². The first kappa shape index (κ1) is 17.6. The molecule has 2 atom stereocenters. The van der Waals surface area contributed by atoms with Crippen LogP contribution in [0.5, 0.6) is 0 Å². The molecule has 24 heavy (non-hydrogen) atoms. The number of carbonyl (C=O) groups excluding carboxylic acids is 1. The Labute approximate surface area is 152 Å². The molecule has 2 aromatic rings. The van der Waals surface area contributed by atoms with Gasteiger partial charge in [0.2, 0.25) is 0 Å². The summed E-state index contributed by atoms with van der Waals surface area (Å²) in [6.07, 6.45) is 0. The highest BCUT2D eigenvalue weighted by Gasteiger charge is 2.30. The fraction of sp³-hybridized carbons (Fsp3) is 0.500. The molecule has 1 fully saturated rings. The van der Waals surface area contributed by atoms with Crippen LogP contribution >= 0.6 is 22.7 Å². The molecule has 6 heteroatoms. The molecule has 1 N–H and O–H groups in total. The van der Waals surface area contributed by atoms with Crippen molar-refractivity contribution in [1.82, 2.24) is 15.1 Å². The Hall–Kier alpha value is -1.21. The number of hydrogen-bond acceptors (Lipinski definition) is 5. The van der Waals surface area contributed by atoms with E-state index in [0.717, 1.165) is 37.6 Å². The van der Waals surface area contributed by atoms with E-state index in [1.807, 2.05) is 17.5 Å². The molecule has 0 aromatic carbocycles. The van der Waals surface area contributed by atoms with E-state index in [1.54, 1.807) is 11.3 Å².